The Morgan fingerprint density at radius 2 is 1.68 bits per heavy atom. The Balaban J connectivity index is 1.26. The highest BCUT2D eigenvalue weighted by Gasteiger charge is 2.41. The van der Waals surface area contributed by atoms with Crippen molar-refractivity contribution in [1.29, 1.82) is 0 Å². The SMILES string of the molecule is O=C(CCCC(=O)Nc1cccc([C@H]2O[C@@H](CN3CCC4(CC3)OCCO4)C[C@@H](c3ccc(CO)cc3)O2)c1)NO. The summed E-state index contributed by atoms with van der Waals surface area (Å²) < 4.78 is 24.7. The summed E-state index contributed by atoms with van der Waals surface area (Å²) in [5.41, 5.74) is 4.82. The number of amides is 2. The molecule has 0 unspecified atom stereocenters. The number of carbonyl (C=O) groups is 2. The standard InChI is InChI=1S/C30H39N3O8/c34-20-21-7-9-22(10-8-21)26-18-25(19-33-13-11-30(12-14-33)38-15-16-39-30)40-29(41-26)23-3-1-4-24(17-23)31-27(35)5-2-6-28(36)32-37/h1,3-4,7-10,17,25-26,29,34,37H,2,5-6,11-16,18-20H2,(H,31,35)(H,32,36)/t25-,26+,29+/m1/s1. The molecule has 0 bridgehead atoms. The highest BCUT2D eigenvalue weighted by Crippen LogP contribution is 2.39. The van der Waals surface area contributed by atoms with Gasteiger partial charge in [-0.05, 0) is 29.7 Å². The van der Waals surface area contributed by atoms with Gasteiger partial charge in [0.2, 0.25) is 11.8 Å². The molecule has 3 aliphatic heterocycles. The molecule has 0 radical (unpaired) electrons. The number of rotatable bonds is 10. The van der Waals surface area contributed by atoms with E-state index in [9.17, 15) is 14.7 Å². The van der Waals surface area contributed by atoms with E-state index in [1.54, 1.807) is 11.5 Å². The van der Waals surface area contributed by atoms with Gasteiger partial charge in [-0.15, -0.1) is 0 Å². The molecule has 11 nitrogen and oxygen atoms in total. The number of aliphatic hydroxyl groups excluding tert-OH is 1. The Hall–Kier alpha value is -2.90. The Morgan fingerprint density at radius 1 is 0.951 bits per heavy atom. The van der Waals surface area contributed by atoms with Crippen molar-refractivity contribution in [3.05, 3.63) is 65.2 Å². The van der Waals surface area contributed by atoms with E-state index in [1.165, 1.54) is 0 Å². The Kier molecular flexibility index (Phi) is 9.99. The number of piperidine rings is 1. The number of hydroxylamine groups is 1. The molecule has 3 heterocycles. The summed E-state index contributed by atoms with van der Waals surface area (Å²) >= 11 is 0. The van der Waals surface area contributed by atoms with Crippen LogP contribution in [0.4, 0.5) is 5.69 Å². The molecule has 3 aliphatic rings. The molecule has 11 heteroatoms. The quantitative estimate of drug-likeness (QED) is 0.251. The smallest absolute Gasteiger partial charge is 0.243 e. The molecule has 5 rings (SSSR count). The molecule has 3 atom stereocenters. The summed E-state index contributed by atoms with van der Waals surface area (Å²) in [6.45, 7) is 3.77. The van der Waals surface area contributed by atoms with Crippen LogP contribution in [0.2, 0.25) is 0 Å². The number of aliphatic hydroxyl groups is 1. The lowest BCUT2D eigenvalue weighted by molar-refractivity contribution is -0.255. The zero-order valence-corrected chi connectivity index (χ0v) is 23.1. The first kappa shape index (κ1) is 29.6. The number of nitrogens with zero attached hydrogens (tertiary/aromatic N) is 1. The summed E-state index contributed by atoms with van der Waals surface area (Å²) in [5, 5.41) is 21.0. The molecule has 3 fully saturated rings. The molecule has 1 spiro atoms. The van der Waals surface area contributed by atoms with E-state index in [1.807, 2.05) is 42.5 Å². The number of hydrogen-bond donors (Lipinski definition) is 4. The first-order chi connectivity index (χ1) is 19.9. The molecular formula is C30H39N3O8. The largest absolute Gasteiger partial charge is 0.392 e. The third-order valence-electron chi connectivity index (χ3n) is 7.88. The molecule has 222 valence electrons. The summed E-state index contributed by atoms with van der Waals surface area (Å²) in [4.78, 5) is 26.0. The number of anilines is 1. The van der Waals surface area contributed by atoms with Gasteiger partial charge in [-0.1, -0.05) is 36.4 Å². The van der Waals surface area contributed by atoms with Crippen LogP contribution in [0.15, 0.2) is 48.5 Å². The van der Waals surface area contributed by atoms with Crippen LogP contribution in [-0.2, 0) is 35.1 Å². The maximum atomic E-state index is 12.4. The van der Waals surface area contributed by atoms with Crippen molar-refractivity contribution in [2.75, 3.05) is 38.2 Å². The third-order valence-corrected chi connectivity index (χ3v) is 7.88. The van der Waals surface area contributed by atoms with Crippen LogP contribution < -0.4 is 10.8 Å². The minimum absolute atomic E-state index is 0.0167. The average molecular weight is 570 g/mol. The molecular weight excluding hydrogens is 530 g/mol. The normalized spacial score (nSPS) is 24.3. The summed E-state index contributed by atoms with van der Waals surface area (Å²) in [6, 6.07) is 15.2. The first-order valence-corrected chi connectivity index (χ1v) is 14.3. The van der Waals surface area contributed by atoms with Gasteiger partial charge in [0, 0.05) is 63.0 Å². The maximum absolute atomic E-state index is 12.4. The number of nitrogens with one attached hydrogen (secondary N) is 2. The van der Waals surface area contributed by atoms with E-state index in [0.717, 1.165) is 49.2 Å². The molecule has 3 saturated heterocycles. The van der Waals surface area contributed by atoms with Crippen LogP contribution in [0, 0.1) is 0 Å². The lowest BCUT2D eigenvalue weighted by Gasteiger charge is -2.41. The van der Waals surface area contributed by atoms with Gasteiger partial charge < -0.3 is 34.3 Å². The molecule has 2 amide bonds. The lowest BCUT2D eigenvalue weighted by atomic mass is 9.98. The molecule has 0 aromatic heterocycles. The minimum atomic E-state index is -0.640. The van der Waals surface area contributed by atoms with Gasteiger partial charge >= 0.3 is 0 Å². The van der Waals surface area contributed by atoms with Gasteiger partial charge in [-0.3, -0.25) is 14.8 Å². The first-order valence-electron chi connectivity index (χ1n) is 14.3. The lowest BCUT2D eigenvalue weighted by Crippen LogP contribution is -2.48. The van der Waals surface area contributed by atoms with E-state index in [4.69, 9.17) is 24.2 Å². The number of benzene rings is 2. The predicted octanol–water partition coefficient (Wildman–Crippen LogP) is 3.18. The molecule has 2 aromatic carbocycles. The average Bonchev–Trinajstić information content (AvgIpc) is 3.46. The van der Waals surface area contributed by atoms with Gasteiger partial charge in [-0.2, -0.15) is 0 Å². The second-order valence-corrected chi connectivity index (χ2v) is 10.8. The van der Waals surface area contributed by atoms with Crippen LogP contribution in [0.5, 0.6) is 0 Å². The number of carbonyl (C=O) groups excluding carboxylic acids is 2. The van der Waals surface area contributed by atoms with Gasteiger partial charge in [0.1, 0.15) is 0 Å². The fourth-order valence-corrected chi connectivity index (χ4v) is 5.63. The highest BCUT2D eigenvalue weighted by atomic mass is 16.7. The van der Waals surface area contributed by atoms with Crippen molar-refractivity contribution in [3.63, 3.8) is 0 Å². The van der Waals surface area contributed by atoms with E-state index < -0.39 is 18.0 Å². The van der Waals surface area contributed by atoms with E-state index in [2.05, 4.69) is 10.2 Å². The van der Waals surface area contributed by atoms with Crippen molar-refractivity contribution in [1.82, 2.24) is 10.4 Å². The van der Waals surface area contributed by atoms with Gasteiger partial charge in [0.15, 0.2) is 12.1 Å². The minimum Gasteiger partial charge on any atom is -0.392 e. The highest BCUT2D eigenvalue weighted by molar-refractivity contribution is 5.91. The van der Waals surface area contributed by atoms with Crippen molar-refractivity contribution in [2.45, 2.75) is 69.4 Å². The number of likely N-dealkylation sites (tertiary alicyclic amines) is 1. The summed E-state index contributed by atoms with van der Waals surface area (Å²) in [5.74, 6) is -1.18. The molecule has 2 aromatic rings. The fourth-order valence-electron chi connectivity index (χ4n) is 5.63. The number of ether oxygens (including phenoxy) is 4. The van der Waals surface area contributed by atoms with Crippen molar-refractivity contribution >= 4 is 17.5 Å². The zero-order valence-electron chi connectivity index (χ0n) is 23.1. The van der Waals surface area contributed by atoms with Crippen LogP contribution in [-0.4, -0.2) is 71.8 Å². The predicted molar refractivity (Wildman–Crippen MR) is 148 cm³/mol. The van der Waals surface area contributed by atoms with Crippen molar-refractivity contribution < 1.29 is 38.9 Å². The van der Waals surface area contributed by atoms with E-state index in [-0.39, 0.29) is 37.6 Å². The van der Waals surface area contributed by atoms with Gasteiger partial charge in [0.25, 0.3) is 0 Å². The summed E-state index contributed by atoms with van der Waals surface area (Å²) in [7, 11) is 0. The Bertz CT molecular complexity index is 1160. The van der Waals surface area contributed by atoms with Crippen molar-refractivity contribution in [2.24, 2.45) is 0 Å². The molecule has 0 saturated carbocycles. The maximum Gasteiger partial charge on any atom is 0.243 e. The van der Waals surface area contributed by atoms with Gasteiger partial charge in [0.05, 0.1) is 32.0 Å². The van der Waals surface area contributed by atoms with Crippen molar-refractivity contribution in [3.8, 4) is 0 Å². The van der Waals surface area contributed by atoms with Crippen LogP contribution in [0.3, 0.4) is 0 Å². The van der Waals surface area contributed by atoms with Crippen LogP contribution >= 0.6 is 0 Å². The Labute approximate surface area is 239 Å². The van der Waals surface area contributed by atoms with E-state index >= 15 is 0 Å². The number of hydrogen-bond acceptors (Lipinski definition) is 9. The van der Waals surface area contributed by atoms with Crippen LogP contribution in [0.1, 0.15) is 67.6 Å². The third kappa shape index (κ3) is 7.89. The van der Waals surface area contributed by atoms with Crippen LogP contribution in [0.25, 0.3) is 0 Å². The zero-order chi connectivity index (χ0) is 28.7. The monoisotopic (exact) mass is 569 g/mol. The summed E-state index contributed by atoms with van der Waals surface area (Å²) in [6.07, 6.45) is 1.94. The molecule has 41 heavy (non-hydrogen) atoms. The Morgan fingerprint density at radius 3 is 2.39 bits per heavy atom. The van der Waals surface area contributed by atoms with E-state index in [0.29, 0.717) is 31.7 Å². The molecule has 4 N–H and O–H groups in total. The topological polar surface area (TPSA) is 139 Å². The second kappa shape index (κ2) is 13.8. The molecule has 0 aliphatic carbocycles. The van der Waals surface area contributed by atoms with Gasteiger partial charge in [-0.25, -0.2) is 5.48 Å². The fraction of sp³-hybridized carbons (Fsp3) is 0.533. The second-order valence-electron chi connectivity index (χ2n) is 10.8.